The Bertz CT molecular complexity index is 518. The highest BCUT2D eigenvalue weighted by Crippen LogP contribution is 2.19. The molecule has 116 valence electrons. The van der Waals surface area contributed by atoms with Crippen LogP contribution in [0.3, 0.4) is 0 Å². The molecule has 0 saturated carbocycles. The van der Waals surface area contributed by atoms with E-state index in [1.165, 1.54) is 0 Å². The minimum absolute atomic E-state index is 0.0462. The number of benzene rings is 1. The van der Waals surface area contributed by atoms with Gasteiger partial charge in [-0.3, -0.25) is 9.59 Å². The van der Waals surface area contributed by atoms with E-state index in [4.69, 9.17) is 0 Å². The third-order valence-corrected chi connectivity index (χ3v) is 3.33. The Hall–Kier alpha value is -1.40. The number of anilines is 1. The van der Waals surface area contributed by atoms with E-state index in [-0.39, 0.29) is 30.9 Å². The second kappa shape index (κ2) is 8.14. The smallest absolute Gasteiger partial charge is 0.279 e. The highest BCUT2D eigenvalue weighted by Gasteiger charge is 2.15. The van der Waals surface area contributed by atoms with Crippen molar-refractivity contribution in [3.8, 4) is 0 Å². The maximum absolute atomic E-state index is 12.0. The lowest BCUT2D eigenvalue weighted by Crippen LogP contribution is -3.11. The summed E-state index contributed by atoms with van der Waals surface area (Å²) in [4.78, 5) is 24.5. The number of quaternary nitrogens is 1. The van der Waals surface area contributed by atoms with E-state index >= 15 is 0 Å². The molecular formula is C15H23BrN3O2+. The number of nitrogens with one attached hydrogen (secondary N) is 3. The fraction of sp³-hybridized carbons (Fsp3) is 0.467. The van der Waals surface area contributed by atoms with E-state index < -0.39 is 0 Å². The van der Waals surface area contributed by atoms with Gasteiger partial charge in [0.05, 0.1) is 7.05 Å². The molecule has 3 N–H and O–H groups in total. The third-order valence-electron chi connectivity index (χ3n) is 2.84. The van der Waals surface area contributed by atoms with E-state index in [9.17, 15) is 9.59 Å². The number of aryl methyl sites for hydroxylation is 1. The topological polar surface area (TPSA) is 62.6 Å². The fourth-order valence-corrected chi connectivity index (χ4v) is 2.42. The first kappa shape index (κ1) is 17.7. The summed E-state index contributed by atoms with van der Waals surface area (Å²) in [5.41, 5.74) is 1.79. The van der Waals surface area contributed by atoms with Crippen LogP contribution in [0.25, 0.3) is 0 Å². The minimum Gasteiger partial charge on any atom is -0.349 e. The monoisotopic (exact) mass is 356 g/mol. The van der Waals surface area contributed by atoms with Gasteiger partial charge < -0.3 is 15.5 Å². The number of rotatable bonds is 6. The zero-order valence-corrected chi connectivity index (χ0v) is 14.5. The van der Waals surface area contributed by atoms with Crippen LogP contribution in [0.15, 0.2) is 22.7 Å². The number of carbonyl (C=O) groups excluding carboxylic acids is 2. The Balaban J connectivity index is 2.47. The first-order valence-corrected chi connectivity index (χ1v) is 7.74. The molecule has 21 heavy (non-hydrogen) atoms. The van der Waals surface area contributed by atoms with Crippen LogP contribution in [0.2, 0.25) is 0 Å². The van der Waals surface area contributed by atoms with Crippen LogP contribution in [0, 0.1) is 6.92 Å². The largest absolute Gasteiger partial charge is 0.349 e. The average molecular weight is 357 g/mol. The summed E-state index contributed by atoms with van der Waals surface area (Å²) in [6, 6.07) is 5.81. The molecule has 1 unspecified atom stereocenters. The summed E-state index contributed by atoms with van der Waals surface area (Å²) in [5.74, 6) is -0.148. The lowest BCUT2D eigenvalue weighted by atomic mass is 10.2. The van der Waals surface area contributed by atoms with Gasteiger partial charge in [0.2, 0.25) is 0 Å². The molecule has 0 aliphatic carbocycles. The van der Waals surface area contributed by atoms with E-state index in [1.54, 1.807) is 0 Å². The van der Waals surface area contributed by atoms with Crippen LogP contribution in [-0.4, -0.2) is 38.0 Å². The number of carbonyl (C=O) groups is 2. The Morgan fingerprint density at radius 3 is 2.43 bits per heavy atom. The molecule has 1 atom stereocenters. The highest BCUT2D eigenvalue weighted by molar-refractivity contribution is 9.10. The standard InChI is InChI=1S/C15H22BrN3O2/c1-10(2)17-14(20)8-19(4)9-15(21)18-13-6-5-12(16)7-11(13)3/h5-7,10H,8-9H2,1-4H3,(H,17,20)(H,18,21)/p+1. The van der Waals surface area contributed by atoms with Gasteiger partial charge in [-0.05, 0) is 44.5 Å². The minimum atomic E-state index is -0.102. The summed E-state index contributed by atoms with van der Waals surface area (Å²) >= 11 is 3.39. The third kappa shape index (κ3) is 6.73. The van der Waals surface area contributed by atoms with Gasteiger partial charge in [0.25, 0.3) is 11.8 Å². The molecule has 5 nitrogen and oxygen atoms in total. The normalized spacial score (nSPS) is 12.1. The quantitative estimate of drug-likeness (QED) is 0.703. The molecule has 0 fully saturated rings. The van der Waals surface area contributed by atoms with Crippen molar-refractivity contribution in [3.63, 3.8) is 0 Å². The Kier molecular flexibility index (Phi) is 6.84. The van der Waals surface area contributed by atoms with E-state index in [2.05, 4.69) is 26.6 Å². The summed E-state index contributed by atoms with van der Waals surface area (Å²) < 4.78 is 0.978. The van der Waals surface area contributed by atoms with Gasteiger partial charge in [-0.2, -0.15) is 0 Å². The molecule has 0 bridgehead atoms. The number of hydrogen-bond acceptors (Lipinski definition) is 2. The summed E-state index contributed by atoms with van der Waals surface area (Å²) in [6.45, 7) is 6.30. The average Bonchev–Trinajstić information content (AvgIpc) is 2.31. The predicted molar refractivity (Wildman–Crippen MR) is 87.4 cm³/mol. The molecule has 0 spiro atoms. The first-order valence-electron chi connectivity index (χ1n) is 6.94. The van der Waals surface area contributed by atoms with Crippen molar-refractivity contribution in [2.24, 2.45) is 0 Å². The van der Waals surface area contributed by atoms with Crippen LogP contribution in [0.5, 0.6) is 0 Å². The fourth-order valence-electron chi connectivity index (χ4n) is 1.95. The first-order chi connectivity index (χ1) is 9.77. The molecule has 0 aliphatic heterocycles. The van der Waals surface area contributed by atoms with Gasteiger partial charge in [-0.1, -0.05) is 15.9 Å². The van der Waals surface area contributed by atoms with Gasteiger partial charge in [0, 0.05) is 16.2 Å². The van der Waals surface area contributed by atoms with E-state index in [0.717, 1.165) is 20.6 Å². The molecule has 1 rings (SSSR count). The maximum atomic E-state index is 12.0. The second-order valence-corrected chi connectivity index (χ2v) is 6.46. The summed E-state index contributed by atoms with van der Waals surface area (Å²) in [7, 11) is 1.83. The molecule has 0 aromatic heterocycles. The molecular weight excluding hydrogens is 334 g/mol. The van der Waals surface area contributed by atoms with Crippen LogP contribution >= 0.6 is 15.9 Å². The Labute approximate surface area is 134 Å². The van der Waals surface area contributed by atoms with Crippen molar-refractivity contribution in [3.05, 3.63) is 28.2 Å². The van der Waals surface area contributed by atoms with Crippen LogP contribution in [0.4, 0.5) is 5.69 Å². The van der Waals surface area contributed by atoms with E-state index in [1.807, 2.05) is 46.0 Å². The Morgan fingerprint density at radius 2 is 1.86 bits per heavy atom. The van der Waals surface area contributed by atoms with Crippen LogP contribution in [0.1, 0.15) is 19.4 Å². The van der Waals surface area contributed by atoms with Gasteiger partial charge in [0.15, 0.2) is 13.1 Å². The molecule has 2 amide bonds. The van der Waals surface area contributed by atoms with Gasteiger partial charge in [-0.15, -0.1) is 0 Å². The number of hydrogen-bond donors (Lipinski definition) is 3. The second-order valence-electron chi connectivity index (χ2n) is 5.54. The predicted octanol–water partition coefficient (Wildman–Crippen LogP) is 0.735. The van der Waals surface area contributed by atoms with Crippen molar-refractivity contribution in [2.75, 3.05) is 25.5 Å². The molecule has 1 aromatic rings. The number of halogens is 1. The lowest BCUT2D eigenvalue weighted by Gasteiger charge is -2.15. The molecule has 0 aliphatic rings. The summed E-state index contributed by atoms with van der Waals surface area (Å²) in [6.07, 6.45) is 0. The van der Waals surface area contributed by atoms with Crippen LogP contribution in [-0.2, 0) is 9.59 Å². The molecule has 1 aromatic carbocycles. The van der Waals surface area contributed by atoms with E-state index in [0.29, 0.717) is 0 Å². The van der Waals surface area contributed by atoms with Crippen molar-refractivity contribution < 1.29 is 14.5 Å². The Morgan fingerprint density at radius 1 is 1.24 bits per heavy atom. The van der Waals surface area contributed by atoms with Crippen molar-refractivity contribution in [2.45, 2.75) is 26.8 Å². The molecule has 0 heterocycles. The van der Waals surface area contributed by atoms with Crippen molar-refractivity contribution in [1.29, 1.82) is 0 Å². The maximum Gasteiger partial charge on any atom is 0.279 e. The lowest BCUT2D eigenvalue weighted by molar-refractivity contribution is -0.862. The zero-order chi connectivity index (χ0) is 16.0. The zero-order valence-electron chi connectivity index (χ0n) is 12.9. The SMILES string of the molecule is Cc1cc(Br)ccc1NC(=O)C[NH+](C)CC(=O)NC(C)C. The summed E-state index contributed by atoms with van der Waals surface area (Å²) in [5, 5.41) is 5.69. The van der Waals surface area contributed by atoms with Gasteiger partial charge >= 0.3 is 0 Å². The van der Waals surface area contributed by atoms with Gasteiger partial charge in [0.1, 0.15) is 0 Å². The molecule has 6 heteroatoms. The molecule has 0 saturated heterocycles. The highest BCUT2D eigenvalue weighted by atomic mass is 79.9. The molecule has 0 radical (unpaired) electrons. The van der Waals surface area contributed by atoms with Crippen LogP contribution < -0.4 is 15.5 Å². The van der Waals surface area contributed by atoms with Gasteiger partial charge in [-0.25, -0.2) is 0 Å². The number of amides is 2. The van der Waals surface area contributed by atoms with Crippen molar-refractivity contribution >= 4 is 33.4 Å². The van der Waals surface area contributed by atoms with Crippen molar-refractivity contribution in [1.82, 2.24) is 5.32 Å². The number of likely N-dealkylation sites (N-methyl/N-ethyl adjacent to an activating group) is 1.